The first-order valence-electron chi connectivity index (χ1n) is 13.4. The molecule has 0 bridgehead atoms. The van der Waals surface area contributed by atoms with Gasteiger partial charge in [0.05, 0.1) is 0 Å². The molecule has 0 saturated carbocycles. The van der Waals surface area contributed by atoms with E-state index in [1.54, 1.807) is 31.7 Å². The molecule has 0 N–H and O–H groups in total. The number of thioether (sulfide) groups is 1. The third kappa shape index (κ3) is 16.9. The molecule has 4 aromatic carbocycles. The summed E-state index contributed by atoms with van der Waals surface area (Å²) in [5.74, 6) is 0.420. The Morgan fingerprint density at radius 2 is 1.02 bits per heavy atom. The first-order chi connectivity index (χ1) is 19.6. The number of benzene rings is 4. The Bertz CT molecular complexity index is 1240. The fraction of sp³-hybridized carbons (Fsp3) is 0.294. The van der Waals surface area contributed by atoms with Crippen molar-refractivity contribution in [2.45, 2.75) is 75.3 Å². The van der Waals surface area contributed by atoms with Gasteiger partial charge in [0, 0.05) is 29.8 Å². The van der Waals surface area contributed by atoms with Gasteiger partial charge in [0.2, 0.25) is 0 Å². The lowest BCUT2D eigenvalue weighted by Crippen LogP contribution is -1.92. The minimum absolute atomic E-state index is 0.109. The highest BCUT2D eigenvalue weighted by Gasteiger charge is 2.08. The monoisotopic (exact) mass is 788 g/mol. The molecule has 0 unspecified atom stereocenters. The lowest BCUT2D eigenvalue weighted by atomic mass is 10.1. The molecular weight excluding hydrogens is 750 g/mol. The van der Waals surface area contributed by atoms with Gasteiger partial charge in [-0.2, -0.15) is 0 Å². The van der Waals surface area contributed by atoms with Gasteiger partial charge in [0.15, 0.2) is 0 Å². The van der Waals surface area contributed by atoms with Gasteiger partial charge in [-0.15, -0.1) is 24.4 Å². The zero-order valence-corrected chi connectivity index (χ0v) is 31.1. The van der Waals surface area contributed by atoms with Crippen LogP contribution in [0.25, 0.3) is 0 Å². The normalized spacial score (nSPS) is 9.46. The first kappa shape index (κ1) is 39.9. The fourth-order valence-corrected chi connectivity index (χ4v) is 4.87. The summed E-state index contributed by atoms with van der Waals surface area (Å²) < 4.78 is 28.8. The average molecular weight is 792 g/mol. The number of halogens is 5. The largest absolute Gasteiger partial charge is 0.206 e. The summed E-state index contributed by atoms with van der Waals surface area (Å²) in [5.41, 5.74) is 2.79. The zero-order valence-electron chi connectivity index (χ0n) is 24.7. The average Bonchev–Trinajstić information content (AvgIpc) is 2.97. The smallest absolute Gasteiger partial charge is 0.131 e. The Morgan fingerprint density at radius 1 is 0.634 bits per heavy atom. The van der Waals surface area contributed by atoms with E-state index in [4.69, 9.17) is 0 Å². The van der Waals surface area contributed by atoms with Crippen molar-refractivity contribution < 1.29 is 8.78 Å². The van der Waals surface area contributed by atoms with E-state index in [1.807, 2.05) is 78.9 Å². The van der Waals surface area contributed by atoms with Crippen LogP contribution in [0, 0.1) is 25.5 Å². The van der Waals surface area contributed by atoms with Crippen LogP contribution in [0.4, 0.5) is 8.78 Å². The molecule has 0 atom stereocenters. The van der Waals surface area contributed by atoms with Crippen LogP contribution in [0.2, 0.25) is 0 Å². The molecule has 0 fully saturated rings. The Hall–Kier alpha value is -1.12. The highest BCUT2D eigenvalue weighted by Crippen LogP contribution is 2.28. The molecule has 0 heterocycles. The van der Waals surface area contributed by atoms with E-state index >= 15 is 0 Å². The molecule has 7 heteroatoms. The molecule has 0 radical (unpaired) electrons. The van der Waals surface area contributed by atoms with Crippen molar-refractivity contribution in [3.05, 3.63) is 128 Å². The Balaban J connectivity index is 0.000000571. The van der Waals surface area contributed by atoms with Crippen LogP contribution in [-0.2, 0) is 11.1 Å². The second-order valence-electron chi connectivity index (χ2n) is 8.78. The third-order valence-electron chi connectivity index (χ3n) is 4.84. The zero-order chi connectivity index (χ0) is 31.2. The van der Waals surface area contributed by atoms with Crippen molar-refractivity contribution in [2.75, 3.05) is 0 Å². The van der Waals surface area contributed by atoms with E-state index < -0.39 is 0 Å². The van der Waals surface area contributed by atoms with Gasteiger partial charge in [-0.1, -0.05) is 137 Å². The van der Waals surface area contributed by atoms with E-state index in [0.29, 0.717) is 27.8 Å². The second-order valence-corrected chi connectivity index (χ2v) is 12.6. The molecule has 0 aliphatic rings. The van der Waals surface area contributed by atoms with E-state index in [0.717, 1.165) is 24.3 Å². The summed E-state index contributed by atoms with van der Waals surface area (Å²) in [7, 11) is 0. The van der Waals surface area contributed by atoms with E-state index in [-0.39, 0.29) is 11.6 Å². The van der Waals surface area contributed by atoms with Crippen LogP contribution in [0.1, 0.15) is 62.8 Å². The topological polar surface area (TPSA) is 0 Å². The molecule has 0 aliphatic heterocycles. The summed E-state index contributed by atoms with van der Waals surface area (Å²) in [6.07, 6.45) is 2.50. The van der Waals surface area contributed by atoms with Crippen LogP contribution < -0.4 is 0 Å². The number of thiol groups is 1. The maximum atomic E-state index is 13.9. The van der Waals surface area contributed by atoms with Crippen molar-refractivity contribution in [1.82, 2.24) is 0 Å². The first-order valence-corrected chi connectivity index (χ1v) is 17.6. The quantitative estimate of drug-likeness (QED) is 0.122. The summed E-state index contributed by atoms with van der Waals surface area (Å²) in [4.78, 5) is 2.18. The Morgan fingerprint density at radius 3 is 1.41 bits per heavy atom. The molecule has 224 valence electrons. The van der Waals surface area contributed by atoms with Crippen molar-refractivity contribution >= 4 is 72.2 Å². The maximum Gasteiger partial charge on any atom is 0.131 e. The van der Waals surface area contributed by atoms with Crippen LogP contribution in [-0.4, -0.2) is 0 Å². The number of rotatable bonds is 4. The molecule has 0 aromatic heterocycles. The molecule has 0 nitrogen and oxygen atoms in total. The molecule has 0 saturated heterocycles. The van der Waals surface area contributed by atoms with Gasteiger partial charge in [0.25, 0.3) is 0 Å². The van der Waals surface area contributed by atoms with Crippen LogP contribution >= 0.6 is 72.2 Å². The SMILES string of the molecule is CCC.CCC.Cc1c(Br)ccc(CBr)c1F.Cc1c(Br)ccc(CSc2ccccc2)c1F.Sc1ccccc1. The van der Waals surface area contributed by atoms with E-state index in [1.165, 1.54) is 12.8 Å². The molecule has 4 rings (SSSR count). The summed E-state index contributed by atoms with van der Waals surface area (Å²) >= 11 is 15.5. The number of hydrogen-bond acceptors (Lipinski definition) is 2. The highest BCUT2D eigenvalue weighted by atomic mass is 79.9. The Kier molecular flexibility index (Phi) is 23.7. The molecule has 41 heavy (non-hydrogen) atoms. The summed E-state index contributed by atoms with van der Waals surface area (Å²) in [6, 6.07) is 27.2. The lowest BCUT2D eigenvalue weighted by Gasteiger charge is -2.07. The van der Waals surface area contributed by atoms with Crippen molar-refractivity contribution in [2.24, 2.45) is 0 Å². The molecule has 0 amide bonds. The van der Waals surface area contributed by atoms with Crippen LogP contribution in [0.3, 0.4) is 0 Å². The van der Waals surface area contributed by atoms with Gasteiger partial charge in [0.1, 0.15) is 11.6 Å². The van der Waals surface area contributed by atoms with Crippen LogP contribution in [0.5, 0.6) is 0 Å². The van der Waals surface area contributed by atoms with Gasteiger partial charge < -0.3 is 0 Å². The van der Waals surface area contributed by atoms with E-state index in [9.17, 15) is 8.78 Å². The van der Waals surface area contributed by atoms with Gasteiger partial charge >= 0.3 is 0 Å². The van der Waals surface area contributed by atoms with Crippen molar-refractivity contribution in [3.8, 4) is 0 Å². The van der Waals surface area contributed by atoms with Crippen LogP contribution in [0.15, 0.2) is 104 Å². The predicted molar refractivity (Wildman–Crippen MR) is 192 cm³/mol. The van der Waals surface area contributed by atoms with Crippen molar-refractivity contribution in [3.63, 3.8) is 0 Å². The van der Waals surface area contributed by atoms with Crippen molar-refractivity contribution in [1.29, 1.82) is 0 Å². The summed E-state index contributed by atoms with van der Waals surface area (Å²) in [5, 5.41) is 0.562. The molecule has 0 spiro atoms. The molecule has 4 aromatic rings. The maximum absolute atomic E-state index is 13.9. The third-order valence-corrected chi connectivity index (χ3v) is 8.52. The fourth-order valence-electron chi connectivity index (χ4n) is 2.76. The number of alkyl halides is 1. The minimum Gasteiger partial charge on any atom is -0.206 e. The number of hydrogen-bond donors (Lipinski definition) is 1. The minimum atomic E-state index is -0.128. The lowest BCUT2D eigenvalue weighted by molar-refractivity contribution is 0.607. The van der Waals surface area contributed by atoms with Gasteiger partial charge in [-0.05, 0) is 72.5 Å². The summed E-state index contributed by atoms with van der Waals surface area (Å²) in [6.45, 7) is 12.0. The Labute approximate surface area is 281 Å². The molecule has 0 aliphatic carbocycles. The predicted octanol–water partition coefficient (Wildman–Crippen LogP) is 13.8. The van der Waals surface area contributed by atoms with Gasteiger partial charge in [-0.25, -0.2) is 8.78 Å². The standard InChI is InChI=1S/C14H12BrFS.C8H7Br2F.C6H6S.2C3H8/c1-10-13(15)8-7-11(14(10)16)9-17-12-5-3-2-4-6-12;1-5-7(10)3-2-6(4-9)8(5)11;7-6-4-2-1-3-5-6;2*1-3-2/h2-8H,9H2,1H3;2-3H,4H2,1H3;1-5,7H;2*3H2,1-2H3. The van der Waals surface area contributed by atoms with E-state index in [2.05, 4.69) is 88.1 Å². The highest BCUT2D eigenvalue weighted by molar-refractivity contribution is 9.10. The second kappa shape index (κ2) is 24.3. The van der Waals surface area contributed by atoms with Gasteiger partial charge in [-0.3, -0.25) is 0 Å². The molecular formula is C34H41Br3F2S2.